The van der Waals surface area contributed by atoms with Crippen molar-refractivity contribution in [1.29, 1.82) is 0 Å². The molecule has 2 rings (SSSR count). The molecule has 1 aliphatic heterocycles. The van der Waals surface area contributed by atoms with E-state index in [1.54, 1.807) is 13.2 Å². The summed E-state index contributed by atoms with van der Waals surface area (Å²) in [6, 6.07) is 5.12. The third-order valence-electron chi connectivity index (χ3n) is 3.55. The molecule has 1 saturated heterocycles. The van der Waals surface area contributed by atoms with Crippen LogP contribution in [0.1, 0.15) is 18.4 Å². The molecule has 18 heavy (non-hydrogen) atoms. The van der Waals surface area contributed by atoms with E-state index in [0.717, 1.165) is 38.1 Å². The Morgan fingerprint density at radius 1 is 1.39 bits per heavy atom. The molecule has 0 N–H and O–H groups in total. The third kappa shape index (κ3) is 2.96. The Morgan fingerprint density at radius 3 is 2.72 bits per heavy atom. The Bertz CT molecular complexity index is 391. The maximum absolute atomic E-state index is 13.9. The number of hydrogen-bond donors (Lipinski definition) is 0. The number of hydrogen-bond acceptors (Lipinski definition) is 2. The molecule has 1 aromatic carbocycles. The fourth-order valence-corrected chi connectivity index (χ4v) is 2.80. The smallest absolute Gasteiger partial charge is 0.146 e. The molecule has 0 saturated carbocycles. The number of anilines is 1. The average molecular weight is 272 g/mol. The molecule has 1 aromatic rings. The lowest BCUT2D eigenvalue weighted by Gasteiger charge is -2.34. The monoisotopic (exact) mass is 271 g/mol. The van der Waals surface area contributed by atoms with Crippen LogP contribution >= 0.6 is 11.6 Å². The molecular weight excluding hydrogens is 253 g/mol. The highest BCUT2D eigenvalue weighted by Gasteiger charge is 2.22. The Balaban J connectivity index is 2.09. The first-order valence-electron chi connectivity index (χ1n) is 6.33. The number of para-hydroxylation sites is 1. The van der Waals surface area contributed by atoms with Crippen molar-refractivity contribution in [3.05, 3.63) is 29.6 Å². The van der Waals surface area contributed by atoms with Crippen molar-refractivity contribution in [3.8, 4) is 0 Å². The van der Waals surface area contributed by atoms with Gasteiger partial charge in [0.25, 0.3) is 0 Å². The zero-order chi connectivity index (χ0) is 13.0. The fraction of sp³-hybridized carbons (Fsp3) is 0.571. The molecule has 1 aliphatic rings. The molecule has 2 nitrogen and oxygen atoms in total. The summed E-state index contributed by atoms with van der Waals surface area (Å²) in [5.74, 6) is 0.779. The van der Waals surface area contributed by atoms with Crippen molar-refractivity contribution in [2.24, 2.45) is 5.92 Å². The Morgan fingerprint density at radius 2 is 2.11 bits per heavy atom. The zero-order valence-corrected chi connectivity index (χ0v) is 11.4. The lowest BCUT2D eigenvalue weighted by Crippen LogP contribution is -2.36. The first-order chi connectivity index (χ1) is 8.76. The number of benzene rings is 1. The van der Waals surface area contributed by atoms with Gasteiger partial charge in [0.1, 0.15) is 5.82 Å². The summed E-state index contributed by atoms with van der Waals surface area (Å²) in [7, 11) is 1.73. The highest BCUT2D eigenvalue weighted by molar-refractivity contribution is 6.17. The number of alkyl halides is 1. The van der Waals surface area contributed by atoms with E-state index in [0.29, 0.717) is 17.5 Å². The number of nitrogens with zero attached hydrogens (tertiary/aromatic N) is 1. The van der Waals surface area contributed by atoms with Crippen LogP contribution in [-0.2, 0) is 10.6 Å². The van der Waals surface area contributed by atoms with E-state index in [9.17, 15) is 4.39 Å². The highest BCUT2D eigenvalue weighted by Crippen LogP contribution is 2.30. The van der Waals surface area contributed by atoms with Crippen LogP contribution < -0.4 is 4.90 Å². The molecule has 0 amide bonds. The first kappa shape index (κ1) is 13.6. The second-order valence-electron chi connectivity index (χ2n) is 4.77. The quantitative estimate of drug-likeness (QED) is 0.778. The molecule has 0 aromatic heterocycles. The second-order valence-corrected chi connectivity index (χ2v) is 5.03. The highest BCUT2D eigenvalue weighted by atomic mass is 35.5. The predicted molar refractivity (Wildman–Crippen MR) is 72.8 cm³/mol. The third-order valence-corrected chi connectivity index (χ3v) is 3.84. The van der Waals surface area contributed by atoms with Crippen molar-refractivity contribution in [2.75, 3.05) is 31.7 Å². The minimum atomic E-state index is -0.168. The number of methoxy groups -OCH3 is 1. The Labute approximate surface area is 113 Å². The van der Waals surface area contributed by atoms with Crippen molar-refractivity contribution < 1.29 is 9.13 Å². The summed E-state index contributed by atoms with van der Waals surface area (Å²) in [6.45, 7) is 2.55. The standard InChI is InChI=1S/C14H19ClFNO/c1-18-10-11-5-7-17(8-6-11)14-12(9-15)3-2-4-13(14)16/h2-4,11H,5-10H2,1H3. The van der Waals surface area contributed by atoms with Crippen LogP contribution in [0.5, 0.6) is 0 Å². The minimum Gasteiger partial charge on any atom is -0.384 e. The van der Waals surface area contributed by atoms with Crippen LogP contribution in [0.2, 0.25) is 0 Å². The molecule has 0 atom stereocenters. The normalized spacial score (nSPS) is 17.2. The molecule has 1 heterocycles. The molecule has 100 valence electrons. The van der Waals surface area contributed by atoms with Gasteiger partial charge in [0.2, 0.25) is 0 Å². The van der Waals surface area contributed by atoms with Gasteiger partial charge in [-0.3, -0.25) is 0 Å². The number of ether oxygens (including phenoxy) is 1. The molecule has 1 fully saturated rings. The minimum absolute atomic E-state index is 0.168. The summed E-state index contributed by atoms with van der Waals surface area (Å²) < 4.78 is 19.1. The molecule has 0 radical (unpaired) electrons. The van der Waals surface area contributed by atoms with E-state index in [4.69, 9.17) is 16.3 Å². The van der Waals surface area contributed by atoms with Crippen molar-refractivity contribution in [1.82, 2.24) is 0 Å². The topological polar surface area (TPSA) is 12.5 Å². The number of piperidine rings is 1. The van der Waals surface area contributed by atoms with Gasteiger partial charge in [-0.25, -0.2) is 4.39 Å². The maximum atomic E-state index is 13.9. The van der Waals surface area contributed by atoms with E-state index >= 15 is 0 Å². The molecule has 0 unspecified atom stereocenters. The van der Waals surface area contributed by atoms with Gasteiger partial charge in [0.05, 0.1) is 5.69 Å². The van der Waals surface area contributed by atoms with Crippen LogP contribution in [0.4, 0.5) is 10.1 Å². The summed E-state index contributed by atoms with van der Waals surface area (Å²) >= 11 is 5.89. The Kier molecular flexibility index (Phi) is 4.84. The summed E-state index contributed by atoms with van der Waals surface area (Å²) in [5.41, 5.74) is 1.56. The number of rotatable bonds is 4. The van der Waals surface area contributed by atoms with Crippen LogP contribution in [-0.4, -0.2) is 26.8 Å². The van der Waals surface area contributed by atoms with Gasteiger partial charge in [-0.05, 0) is 30.4 Å². The SMILES string of the molecule is COCC1CCN(c2c(F)cccc2CCl)CC1. The van der Waals surface area contributed by atoms with Gasteiger partial charge in [-0.1, -0.05) is 12.1 Å². The average Bonchev–Trinajstić information content (AvgIpc) is 2.40. The molecule has 0 spiro atoms. The van der Waals surface area contributed by atoms with E-state index < -0.39 is 0 Å². The van der Waals surface area contributed by atoms with E-state index in [-0.39, 0.29) is 5.82 Å². The summed E-state index contributed by atoms with van der Waals surface area (Å²) in [4.78, 5) is 2.11. The van der Waals surface area contributed by atoms with Gasteiger partial charge in [-0.15, -0.1) is 11.6 Å². The molecular formula is C14H19ClFNO. The second kappa shape index (κ2) is 6.39. The number of halogens is 2. The van der Waals surface area contributed by atoms with Gasteiger partial charge in [0, 0.05) is 32.7 Å². The van der Waals surface area contributed by atoms with Gasteiger partial charge in [0.15, 0.2) is 0 Å². The van der Waals surface area contributed by atoms with Crippen molar-refractivity contribution in [2.45, 2.75) is 18.7 Å². The predicted octanol–water partition coefficient (Wildman–Crippen LogP) is 3.43. The lowest BCUT2D eigenvalue weighted by atomic mass is 9.97. The maximum Gasteiger partial charge on any atom is 0.146 e. The van der Waals surface area contributed by atoms with Crippen LogP contribution in [0, 0.1) is 11.7 Å². The van der Waals surface area contributed by atoms with Gasteiger partial charge in [-0.2, -0.15) is 0 Å². The zero-order valence-electron chi connectivity index (χ0n) is 10.7. The van der Waals surface area contributed by atoms with Gasteiger partial charge >= 0.3 is 0 Å². The molecule has 0 bridgehead atoms. The molecule has 0 aliphatic carbocycles. The Hall–Kier alpha value is -0.800. The van der Waals surface area contributed by atoms with E-state index in [1.807, 2.05) is 6.07 Å². The lowest BCUT2D eigenvalue weighted by molar-refractivity contribution is 0.139. The summed E-state index contributed by atoms with van der Waals surface area (Å²) in [6.07, 6.45) is 2.09. The van der Waals surface area contributed by atoms with E-state index in [2.05, 4.69) is 4.90 Å². The summed E-state index contributed by atoms with van der Waals surface area (Å²) in [5, 5.41) is 0. The van der Waals surface area contributed by atoms with Crippen LogP contribution in [0.15, 0.2) is 18.2 Å². The van der Waals surface area contributed by atoms with Crippen molar-refractivity contribution >= 4 is 17.3 Å². The van der Waals surface area contributed by atoms with E-state index in [1.165, 1.54) is 6.07 Å². The fourth-order valence-electron chi connectivity index (χ4n) is 2.58. The van der Waals surface area contributed by atoms with Crippen LogP contribution in [0.25, 0.3) is 0 Å². The van der Waals surface area contributed by atoms with Crippen LogP contribution in [0.3, 0.4) is 0 Å². The van der Waals surface area contributed by atoms with Gasteiger partial charge < -0.3 is 9.64 Å². The molecule has 4 heteroatoms. The first-order valence-corrected chi connectivity index (χ1v) is 6.87. The largest absolute Gasteiger partial charge is 0.384 e. The van der Waals surface area contributed by atoms with Crippen molar-refractivity contribution in [3.63, 3.8) is 0 Å².